The molecule has 2 aromatic rings. The first kappa shape index (κ1) is 13.2. The van der Waals surface area contributed by atoms with Gasteiger partial charge in [0.25, 0.3) is 0 Å². The highest BCUT2D eigenvalue weighted by molar-refractivity contribution is 5.60. The number of aryl methyl sites for hydroxylation is 1. The van der Waals surface area contributed by atoms with E-state index >= 15 is 0 Å². The SMILES string of the molecule is Cc1cc(F)c(-c2cnc(C(C)(N)C3CC3)[nH]2)cc1F. The molecule has 1 aromatic heterocycles. The summed E-state index contributed by atoms with van der Waals surface area (Å²) in [5.41, 5.74) is 6.64. The van der Waals surface area contributed by atoms with Crippen LogP contribution >= 0.6 is 0 Å². The molecule has 0 saturated heterocycles. The van der Waals surface area contributed by atoms with Crippen LogP contribution in [0.15, 0.2) is 18.3 Å². The highest BCUT2D eigenvalue weighted by Crippen LogP contribution is 2.43. The third kappa shape index (κ3) is 2.12. The summed E-state index contributed by atoms with van der Waals surface area (Å²) < 4.78 is 27.5. The molecule has 1 atom stereocenters. The fraction of sp³-hybridized carbons (Fsp3) is 0.400. The number of nitrogens with zero attached hydrogens (tertiary/aromatic N) is 1. The van der Waals surface area contributed by atoms with Crippen molar-refractivity contribution >= 4 is 0 Å². The molecule has 3 nitrogen and oxygen atoms in total. The number of halogens is 2. The Labute approximate surface area is 116 Å². The molecule has 1 heterocycles. The maximum atomic E-state index is 13.9. The normalized spacial score (nSPS) is 18.1. The predicted octanol–water partition coefficient (Wildman–Crippen LogP) is 3.25. The van der Waals surface area contributed by atoms with E-state index in [0.717, 1.165) is 12.8 Å². The fourth-order valence-electron chi connectivity index (χ4n) is 2.46. The second-order valence-electron chi connectivity index (χ2n) is 5.78. The van der Waals surface area contributed by atoms with Gasteiger partial charge < -0.3 is 10.7 Å². The number of benzene rings is 1. The molecule has 0 bridgehead atoms. The second kappa shape index (κ2) is 4.38. The summed E-state index contributed by atoms with van der Waals surface area (Å²) in [4.78, 5) is 7.28. The number of hydrogen-bond acceptors (Lipinski definition) is 2. The maximum Gasteiger partial charge on any atom is 0.133 e. The van der Waals surface area contributed by atoms with Crippen molar-refractivity contribution in [3.8, 4) is 11.3 Å². The zero-order valence-electron chi connectivity index (χ0n) is 11.5. The first-order valence-corrected chi connectivity index (χ1v) is 6.70. The van der Waals surface area contributed by atoms with E-state index in [9.17, 15) is 8.78 Å². The third-order valence-electron chi connectivity index (χ3n) is 4.05. The van der Waals surface area contributed by atoms with Crippen LogP contribution in [-0.2, 0) is 5.54 Å². The summed E-state index contributed by atoms with van der Waals surface area (Å²) in [5, 5.41) is 0. The van der Waals surface area contributed by atoms with Crippen LogP contribution in [0, 0.1) is 24.5 Å². The molecule has 1 aliphatic carbocycles. The summed E-state index contributed by atoms with van der Waals surface area (Å²) in [5.74, 6) is 0.121. The fourth-order valence-corrected chi connectivity index (χ4v) is 2.46. The Kier molecular flexibility index (Phi) is 2.90. The van der Waals surface area contributed by atoms with Gasteiger partial charge in [-0.1, -0.05) is 0 Å². The number of aromatic nitrogens is 2. The molecule has 0 amide bonds. The lowest BCUT2D eigenvalue weighted by Crippen LogP contribution is -2.36. The number of aromatic amines is 1. The minimum atomic E-state index is -0.544. The summed E-state index contributed by atoms with van der Waals surface area (Å²) in [7, 11) is 0. The molecule has 3 N–H and O–H groups in total. The van der Waals surface area contributed by atoms with Gasteiger partial charge in [0.05, 0.1) is 17.4 Å². The zero-order chi connectivity index (χ0) is 14.5. The third-order valence-corrected chi connectivity index (χ3v) is 4.05. The number of nitrogens with two attached hydrogens (primary N) is 1. The lowest BCUT2D eigenvalue weighted by Gasteiger charge is -2.21. The molecule has 1 saturated carbocycles. The molecular formula is C15H17F2N3. The Morgan fingerprint density at radius 1 is 1.30 bits per heavy atom. The maximum absolute atomic E-state index is 13.9. The molecule has 1 aromatic carbocycles. The van der Waals surface area contributed by atoms with E-state index in [1.165, 1.54) is 25.3 Å². The molecule has 1 unspecified atom stereocenters. The standard InChI is InChI=1S/C15H17F2N3/c1-8-5-12(17)10(6-11(8)16)13-7-19-14(20-13)15(2,18)9-3-4-9/h5-7,9H,3-4,18H2,1-2H3,(H,19,20). The second-order valence-corrected chi connectivity index (χ2v) is 5.78. The number of imidazole rings is 1. The topological polar surface area (TPSA) is 54.7 Å². The van der Waals surface area contributed by atoms with Gasteiger partial charge in [-0.05, 0) is 50.3 Å². The zero-order valence-corrected chi connectivity index (χ0v) is 11.5. The van der Waals surface area contributed by atoms with Gasteiger partial charge in [0.15, 0.2) is 0 Å². The number of rotatable bonds is 3. The summed E-state index contributed by atoms with van der Waals surface area (Å²) in [6, 6.07) is 2.38. The highest BCUT2D eigenvalue weighted by Gasteiger charge is 2.41. The molecule has 106 valence electrons. The van der Waals surface area contributed by atoms with Crippen molar-refractivity contribution in [3.63, 3.8) is 0 Å². The molecule has 5 heteroatoms. The van der Waals surface area contributed by atoms with E-state index in [1.807, 2.05) is 6.92 Å². The minimum absolute atomic E-state index is 0.179. The summed E-state index contributed by atoms with van der Waals surface area (Å²) in [6.45, 7) is 3.45. The number of nitrogens with one attached hydrogen (secondary N) is 1. The van der Waals surface area contributed by atoms with Crippen LogP contribution in [-0.4, -0.2) is 9.97 Å². The van der Waals surface area contributed by atoms with E-state index in [0.29, 0.717) is 17.4 Å². The summed E-state index contributed by atoms with van der Waals surface area (Å²) in [6.07, 6.45) is 3.67. The first-order chi connectivity index (χ1) is 9.39. The van der Waals surface area contributed by atoms with Crippen molar-refractivity contribution in [1.29, 1.82) is 0 Å². The van der Waals surface area contributed by atoms with E-state index in [2.05, 4.69) is 9.97 Å². The average molecular weight is 277 g/mol. The Bertz CT molecular complexity index is 657. The van der Waals surface area contributed by atoms with E-state index in [1.54, 1.807) is 0 Å². The van der Waals surface area contributed by atoms with Gasteiger partial charge in [-0.3, -0.25) is 0 Å². The Morgan fingerprint density at radius 2 is 2.00 bits per heavy atom. The van der Waals surface area contributed by atoms with Crippen molar-refractivity contribution in [1.82, 2.24) is 9.97 Å². The largest absolute Gasteiger partial charge is 0.340 e. The van der Waals surface area contributed by atoms with Gasteiger partial charge in [0.2, 0.25) is 0 Å². The van der Waals surface area contributed by atoms with Crippen LogP contribution in [0.3, 0.4) is 0 Å². The van der Waals surface area contributed by atoms with Crippen LogP contribution in [0.5, 0.6) is 0 Å². The van der Waals surface area contributed by atoms with Gasteiger partial charge >= 0.3 is 0 Å². The van der Waals surface area contributed by atoms with Gasteiger partial charge in [-0.2, -0.15) is 0 Å². The monoisotopic (exact) mass is 277 g/mol. The van der Waals surface area contributed by atoms with Crippen LogP contribution in [0.25, 0.3) is 11.3 Å². The average Bonchev–Trinajstić information content (AvgIpc) is 3.13. The molecule has 0 spiro atoms. The lowest BCUT2D eigenvalue weighted by atomic mass is 9.97. The number of hydrogen-bond donors (Lipinski definition) is 2. The van der Waals surface area contributed by atoms with Gasteiger partial charge in [0.1, 0.15) is 17.5 Å². The highest BCUT2D eigenvalue weighted by atomic mass is 19.1. The van der Waals surface area contributed by atoms with Crippen molar-refractivity contribution in [2.45, 2.75) is 32.2 Å². The molecule has 20 heavy (non-hydrogen) atoms. The van der Waals surface area contributed by atoms with Gasteiger partial charge in [-0.15, -0.1) is 0 Å². The van der Waals surface area contributed by atoms with Crippen LogP contribution in [0.4, 0.5) is 8.78 Å². The van der Waals surface area contributed by atoms with Crippen LogP contribution in [0.1, 0.15) is 31.2 Å². The Morgan fingerprint density at radius 3 is 2.65 bits per heavy atom. The smallest absolute Gasteiger partial charge is 0.133 e. The van der Waals surface area contributed by atoms with Crippen molar-refractivity contribution < 1.29 is 8.78 Å². The minimum Gasteiger partial charge on any atom is -0.340 e. The molecule has 1 aliphatic rings. The molecule has 3 rings (SSSR count). The van der Waals surface area contributed by atoms with Crippen molar-refractivity contribution in [2.24, 2.45) is 11.7 Å². The molecule has 0 aliphatic heterocycles. The molecule has 1 fully saturated rings. The Hall–Kier alpha value is -1.75. The molecule has 0 radical (unpaired) electrons. The van der Waals surface area contributed by atoms with Gasteiger partial charge in [-0.25, -0.2) is 13.8 Å². The van der Waals surface area contributed by atoms with Crippen molar-refractivity contribution in [2.75, 3.05) is 0 Å². The number of H-pyrrole nitrogens is 1. The van der Waals surface area contributed by atoms with E-state index < -0.39 is 17.2 Å². The first-order valence-electron chi connectivity index (χ1n) is 6.70. The van der Waals surface area contributed by atoms with E-state index in [4.69, 9.17) is 5.73 Å². The lowest BCUT2D eigenvalue weighted by molar-refractivity contribution is 0.404. The Balaban J connectivity index is 2.00. The summed E-state index contributed by atoms with van der Waals surface area (Å²) >= 11 is 0. The van der Waals surface area contributed by atoms with Crippen LogP contribution in [0.2, 0.25) is 0 Å². The predicted molar refractivity (Wildman–Crippen MR) is 72.9 cm³/mol. The van der Waals surface area contributed by atoms with Crippen molar-refractivity contribution in [3.05, 3.63) is 41.4 Å². The quantitative estimate of drug-likeness (QED) is 0.904. The van der Waals surface area contributed by atoms with Gasteiger partial charge in [0, 0.05) is 5.56 Å². The van der Waals surface area contributed by atoms with Crippen LogP contribution < -0.4 is 5.73 Å². The van der Waals surface area contributed by atoms with E-state index in [-0.39, 0.29) is 11.1 Å². The molecular weight excluding hydrogens is 260 g/mol.